The second-order valence-corrected chi connectivity index (χ2v) is 5.14. The van der Waals surface area contributed by atoms with Gasteiger partial charge in [0.2, 0.25) is 0 Å². The van der Waals surface area contributed by atoms with E-state index < -0.39 is 0 Å². The predicted molar refractivity (Wildman–Crippen MR) is 63.2 cm³/mol. The zero-order valence-electron chi connectivity index (χ0n) is 9.22. The molecule has 2 N–H and O–H groups in total. The third-order valence-electron chi connectivity index (χ3n) is 3.62. The summed E-state index contributed by atoms with van der Waals surface area (Å²) in [5, 5.41) is 7.22. The summed E-state index contributed by atoms with van der Waals surface area (Å²) in [7, 11) is 0. The Labute approximate surface area is 91.1 Å². The maximum Gasteiger partial charge on any atom is 0.0427 e. The van der Waals surface area contributed by atoms with E-state index in [0.29, 0.717) is 11.6 Å². The number of anilines is 1. The van der Waals surface area contributed by atoms with E-state index in [2.05, 4.69) is 41.8 Å². The first-order valence-corrected chi connectivity index (χ1v) is 5.85. The minimum absolute atomic E-state index is 0.455. The van der Waals surface area contributed by atoms with E-state index in [1.54, 1.807) is 0 Å². The maximum absolute atomic E-state index is 3.65. The molecule has 1 unspecified atom stereocenters. The Kier molecular flexibility index (Phi) is 1.99. The highest BCUT2D eigenvalue weighted by atomic mass is 15.1. The molecule has 1 aromatic rings. The summed E-state index contributed by atoms with van der Waals surface area (Å²) in [6, 6.07) is 9.21. The normalized spacial score (nSPS) is 25.8. The number of fused-ring (bicyclic) bond motifs is 1. The molecule has 1 fully saturated rings. The van der Waals surface area contributed by atoms with Crippen molar-refractivity contribution in [2.45, 2.75) is 37.8 Å². The number of nitrogens with one attached hydrogen (secondary N) is 2. The van der Waals surface area contributed by atoms with E-state index in [0.717, 1.165) is 6.54 Å². The molecule has 15 heavy (non-hydrogen) atoms. The molecule has 2 aliphatic rings. The van der Waals surface area contributed by atoms with Gasteiger partial charge in [-0.15, -0.1) is 0 Å². The van der Waals surface area contributed by atoms with Crippen LogP contribution >= 0.6 is 0 Å². The SMILES string of the molecule is CC1(NCC2Cc3ccccc3N2)CC1. The van der Waals surface area contributed by atoms with Crippen LogP contribution in [0, 0.1) is 0 Å². The van der Waals surface area contributed by atoms with Crippen LogP contribution in [0.1, 0.15) is 25.3 Å². The van der Waals surface area contributed by atoms with E-state index in [1.165, 1.54) is 30.5 Å². The van der Waals surface area contributed by atoms with E-state index in [9.17, 15) is 0 Å². The number of para-hydroxylation sites is 1. The van der Waals surface area contributed by atoms with Gasteiger partial charge in [-0.25, -0.2) is 0 Å². The van der Waals surface area contributed by atoms with Crippen molar-refractivity contribution >= 4 is 5.69 Å². The first-order valence-electron chi connectivity index (χ1n) is 5.85. The van der Waals surface area contributed by atoms with Crippen LogP contribution in [0.25, 0.3) is 0 Å². The largest absolute Gasteiger partial charge is 0.380 e. The molecule has 0 bridgehead atoms. The monoisotopic (exact) mass is 202 g/mol. The number of rotatable bonds is 3. The molecule has 1 atom stereocenters. The minimum Gasteiger partial charge on any atom is -0.380 e. The van der Waals surface area contributed by atoms with Crippen molar-refractivity contribution in [3.05, 3.63) is 29.8 Å². The van der Waals surface area contributed by atoms with Crippen LogP contribution in [-0.4, -0.2) is 18.1 Å². The molecule has 1 saturated carbocycles. The average molecular weight is 202 g/mol. The highest BCUT2D eigenvalue weighted by Gasteiger charge is 2.37. The third-order valence-corrected chi connectivity index (χ3v) is 3.62. The molecule has 2 nitrogen and oxygen atoms in total. The maximum atomic E-state index is 3.65. The van der Waals surface area contributed by atoms with Gasteiger partial charge in [-0.2, -0.15) is 0 Å². The van der Waals surface area contributed by atoms with E-state index in [4.69, 9.17) is 0 Å². The third kappa shape index (κ3) is 1.86. The summed E-state index contributed by atoms with van der Waals surface area (Å²) in [5.74, 6) is 0. The van der Waals surface area contributed by atoms with Crippen molar-refractivity contribution in [1.29, 1.82) is 0 Å². The lowest BCUT2D eigenvalue weighted by molar-refractivity contribution is 0.510. The Morgan fingerprint density at radius 3 is 2.93 bits per heavy atom. The second-order valence-electron chi connectivity index (χ2n) is 5.14. The minimum atomic E-state index is 0.455. The summed E-state index contributed by atoms with van der Waals surface area (Å²) >= 11 is 0. The fourth-order valence-corrected chi connectivity index (χ4v) is 2.23. The van der Waals surface area contributed by atoms with E-state index in [1.807, 2.05) is 0 Å². The van der Waals surface area contributed by atoms with Gasteiger partial charge in [0.05, 0.1) is 0 Å². The van der Waals surface area contributed by atoms with Gasteiger partial charge in [-0.1, -0.05) is 18.2 Å². The average Bonchev–Trinajstić information content (AvgIpc) is 2.83. The molecule has 0 saturated heterocycles. The fraction of sp³-hybridized carbons (Fsp3) is 0.538. The van der Waals surface area contributed by atoms with Gasteiger partial charge in [-0.05, 0) is 37.8 Å². The standard InChI is InChI=1S/C13H18N2/c1-13(6-7-13)14-9-11-8-10-4-2-3-5-12(10)15-11/h2-5,11,14-15H,6-9H2,1H3. The Morgan fingerprint density at radius 2 is 2.20 bits per heavy atom. The van der Waals surface area contributed by atoms with Crippen LogP contribution in [0.15, 0.2) is 24.3 Å². The van der Waals surface area contributed by atoms with Crippen molar-refractivity contribution in [1.82, 2.24) is 5.32 Å². The lowest BCUT2D eigenvalue weighted by Gasteiger charge is -2.16. The lowest BCUT2D eigenvalue weighted by Crippen LogP contribution is -2.37. The molecule has 0 aromatic heterocycles. The molecule has 80 valence electrons. The molecule has 1 aromatic carbocycles. The van der Waals surface area contributed by atoms with E-state index in [-0.39, 0.29) is 0 Å². The van der Waals surface area contributed by atoms with Crippen LogP contribution in [0.5, 0.6) is 0 Å². The van der Waals surface area contributed by atoms with Crippen LogP contribution in [0.2, 0.25) is 0 Å². The Bertz CT molecular complexity index is 344. The zero-order valence-corrected chi connectivity index (χ0v) is 9.22. The lowest BCUT2D eigenvalue weighted by atomic mass is 10.1. The van der Waals surface area contributed by atoms with Gasteiger partial charge in [0.15, 0.2) is 0 Å². The quantitative estimate of drug-likeness (QED) is 0.785. The van der Waals surface area contributed by atoms with Crippen LogP contribution < -0.4 is 10.6 Å². The molecule has 3 rings (SSSR count). The molecule has 0 amide bonds. The second kappa shape index (κ2) is 3.24. The Balaban J connectivity index is 1.59. The van der Waals surface area contributed by atoms with Crippen LogP contribution in [-0.2, 0) is 6.42 Å². The van der Waals surface area contributed by atoms with Crippen molar-refractivity contribution in [3.63, 3.8) is 0 Å². The topological polar surface area (TPSA) is 24.1 Å². The van der Waals surface area contributed by atoms with Crippen molar-refractivity contribution < 1.29 is 0 Å². The number of benzene rings is 1. The molecule has 1 heterocycles. The van der Waals surface area contributed by atoms with Crippen LogP contribution in [0.4, 0.5) is 5.69 Å². The zero-order chi connectivity index (χ0) is 10.3. The highest BCUT2D eigenvalue weighted by Crippen LogP contribution is 2.34. The van der Waals surface area contributed by atoms with Crippen molar-refractivity contribution in [3.8, 4) is 0 Å². The molecule has 1 aliphatic heterocycles. The van der Waals surface area contributed by atoms with E-state index >= 15 is 0 Å². The molecule has 2 heteroatoms. The summed E-state index contributed by atoms with van der Waals surface area (Å²) < 4.78 is 0. The number of hydrogen-bond donors (Lipinski definition) is 2. The molecule has 0 spiro atoms. The fourth-order valence-electron chi connectivity index (χ4n) is 2.23. The van der Waals surface area contributed by atoms with Gasteiger partial charge in [0, 0.05) is 23.8 Å². The van der Waals surface area contributed by atoms with Gasteiger partial charge in [-0.3, -0.25) is 0 Å². The summed E-state index contributed by atoms with van der Waals surface area (Å²) in [6.07, 6.45) is 3.85. The number of hydrogen-bond acceptors (Lipinski definition) is 2. The van der Waals surface area contributed by atoms with Crippen molar-refractivity contribution in [2.75, 3.05) is 11.9 Å². The Morgan fingerprint density at radius 1 is 1.40 bits per heavy atom. The van der Waals surface area contributed by atoms with Gasteiger partial charge in [0.1, 0.15) is 0 Å². The van der Waals surface area contributed by atoms with Gasteiger partial charge >= 0.3 is 0 Å². The molecular formula is C13H18N2. The summed E-state index contributed by atoms with van der Waals surface area (Å²) in [4.78, 5) is 0. The van der Waals surface area contributed by atoms with Gasteiger partial charge < -0.3 is 10.6 Å². The molecular weight excluding hydrogens is 184 g/mol. The molecule has 1 aliphatic carbocycles. The summed E-state index contributed by atoms with van der Waals surface area (Å²) in [6.45, 7) is 3.40. The predicted octanol–water partition coefficient (Wildman–Crippen LogP) is 2.17. The van der Waals surface area contributed by atoms with Crippen molar-refractivity contribution in [2.24, 2.45) is 0 Å². The first kappa shape index (κ1) is 9.22. The smallest absolute Gasteiger partial charge is 0.0427 e. The van der Waals surface area contributed by atoms with Crippen LogP contribution in [0.3, 0.4) is 0 Å². The first-order chi connectivity index (χ1) is 7.25. The van der Waals surface area contributed by atoms with Gasteiger partial charge in [0.25, 0.3) is 0 Å². The Hall–Kier alpha value is -1.02. The molecule has 0 radical (unpaired) electrons. The highest BCUT2D eigenvalue weighted by molar-refractivity contribution is 5.56. The summed E-state index contributed by atoms with van der Waals surface area (Å²) in [5.41, 5.74) is 3.24.